The van der Waals surface area contributed by atoms with E-state index < -0.39 is 11.7 Å². The number of nitrogens with one attached hydrogen (secondary N) is 2. The van der Waals surface area contributed by atoms with Gasteiger partial charge in [0.15, 0.2) is 5.82 Å². The number of hydrogen-bond donors (Lipinski definition) is 2. The lowest BCUT2D eigenvalue weighted by atomic mass is 10.2. The minimum atomic E-state index is -0.552. The highest BCUT2D eigenvalue weighted by Gasteiger charge is 2.15. The van der Waals surface area contributed by atoms with Gasteiger partial charge in [-0.05, 0) is 19.9 Å². The van der Waals surface area contributed by atoms with E-state index in [1.54, 1.807) is 13.8 Å². The van der Waals surface area contributed by atoms with E-state index in [4.69, 9.17) is 0 Å². The molecule has 0 spiro atoms. The summed E-state index contributed by atoms with van der Waals surface area (Å²) in [5, 5.41) is 9.29. The Morgan fingerprint density at radius 1 is 1.50 bits per heavy atom. The molecule has 2 heterocycles. The third-order valence-electron chi connectivity index (χ3n) is 2.32. The summed E-state index contributed by atoms with van der Waals surface area (Å²) in [5.74, 6) is 0.171. The van der Waals surface area contributed by atoms with Crippen LogP contribution in [0.2, 0.25) is 0 Å². The van der Waals surface area contributed by atoms with Crippen LogP contribution in [-0.2, 0) is 0 Å². The van der Waals surface area contributed by atoms with Crippen molar-refractivity contribution in [1.82, 2.24) is 25.5 Å². The quantitative estimate of drug-likeness (QED) is 0.854. The summed E-state index contributed by atoms with van der Waals surface area (Å²) in [6.07, 6.45) is 2.34. The number of aromatic amines is 1. The average molecular weight is 249 g/mol. The topological polar surface area (TPSA) is 83.6 Å². The lowest BCUT2D eigenvalue weighted by molar-refractivity contribution is 0.0937. The Labute approximate surface area is 103 Å². The maximum absolute atomic E-state index is 12.9. The predicted molar refractivity (Wildman–Crippen MR) is 61.2 cm³/mol. The Bertz CT molecular complexity index is 568. The molecule has 2 aromatic rings. The molecule has 0 aliphatic carbocycles. The highest BCUT2D eigenvalue weighted by molar-refractivity contribution is 5.94. The molecule has 0 aromatic carbocycles. The minimum Gasteiger partial charge on any atom is -0.342 e. The molecule has 7 heteroatoms. The molecule has 18 heavy (non-hydrogen) atoms. The first-order chi connectivity index (χ1) is 8.56. The van der Waals surface area contributed by atoms with Crippen molar-refractivity contribution in [3.05, 3.63) is 41.5 Å². The third-order valence-corrected chi connectivity index (χ3v) is 2.32. The highest BCUT2D eigenvalue weighted by atomic mass is 19.1. The maximum Gasteiger partial charge on any atom is 0.253 e. The van der Waals surface area contributed by atoms with Crippen LogP contribution < -0.4 is 5.32 Å². The molecule has 1 amide bonds. The van der Waals surface area contributed by atoms with Crippen LogP contribution in [0.25, 0.3) is 0 Å². The summed E-state index contributed by atoms with van der Waals surface area (Å²) < 4.78 is 12.9. The average Bonchev–Trinajstić information content (AvgIpc) is 2.76. The Kier molecular flexibility index (Phi) is 3.31. The number of rotatable bonds is 3. The summed E-state index contributed by atoms with van der Waals surface area (Å²) >= 11 is 0. The lowest BCUT2D eigenvalue weighted by Crippen LogP contribution is -2.27. The zero-order chi connectivity index (χ0) is 13.1. The van der Waals surface area contributed by atoms with Crippen molar-refractivity contribution in [3.63, 3.8) is 0 Å². The van der Waals surface area contributed by atoms with Crippen LogP contribution in [-0.4, -0.2) is 26.1 Å². The molecule has 0 saturated carbocycles. The smallest absolute Gasteiger partial charge is 0.253 e. The van der Waals surface area contributed by atoms with Crippen LogP contribution in [0.3, 0.4) is 0 Å². The Hall–Kier alpha value is -2.31. The number of hydrogen-bond acceptors (Lipinski definition) is 4. The van der Waals surface area contributed by atoms with Gasteiger partial charge in [-0.2, -0.15) is 5.10 Å². The van der Waals surface area contributed by atoms with Gasteiger partial charge >= 0.3 is 0 Å². The van der Waals surface area contributed by atoms with Crippen molar-refractivity contribution in [2.24, 2.45) is 0 Å². The van der Waals surface area contributed by atoms with E-state index in [0.717, 1.165) is 12.3 Å². The van der Waals surface area contributed by atoms with Crippen molar-refractivity contribution in [2.45, 2.75) is 19.9 Å². The largest absolute Gasteiger partial charge is 0.342 e. The van der Waals surface area contributed by atoms with Crippen molar-refractivity contribution in [2.75, 3.05) is 0 Å². The molecule has 0 unspecified atom stereocenters. The van der Waals surface area contributed by atoms with E-state index in [-0.39, 0.29) is 11.6 Å². The normalized spacial score (nSPS) is 12.2. The number of aryl methyl sites for hydroxylation is 1. The molecule has 2 rings (SSSR count). The molecule has 0 bridgehead atoms. The molecule has 0 aliphatic rings. The molecule has 0 aliphatic heterocycles. The van der Waals surface area contributed by atoms with Gasteiger partial charge in [0.25, 0.3) is 5.91 Å². The van der Waals surface area contributed by atoms with Crippen molar-refractivity contribution < 1.29 is 9.18 Å². The molecule has 6 nitrogen and oxygen atoms in total. The Morgan fingerprint density at radius 3 is 2.89 bits per heavy atom. The van der Waals surface area contributed by atoms with Gasteiger partial charge in [0, 0.05) is 6.20 Å². The second-order valence-corrected chi connectivity index (χ2v) is 3.87. The van der Waals surface area contributed by atoms with Crippen LogP contribution in [0.15, 0.2) is 18.5 Å². The molecule has 2 aromatic heterocycles. The molecular formula is C11H12FN5O. The molecular weight excluding hydrogens is 237 g/mol. The summed E-state index contributed by atoms with van der Waals surface area (Å²) in [6, 6.07) is 0.754. The number of aromatic nitrogens is 4. The second-order valence-electron chi connectivity index (χ2n) is 3.87. The maximum atomic E-state index is 12.9. The van der Waals surface area contributed by atoms with E-state index in [0.29, 0.717) is 11.6 Å². The molecule has 0 radical (unpaired) electrons. The van der Waals surface area contributed by atoms with Gasteiger partial charge in [-0.3, -0.25) is 14.9 Å². The Balaban J connectivity index is 2.08. The van der Waals surface area contributed by atoms with Crippen LogP contribution in [0, 0.1) is 12.7 Å². The Morgan fingerprint density at radius 2 is 2.28 bits per heavy atom. The number of halogens is 1. The first-order valence-corrected chi connectivity index (χ1v) is 5.36. The first kappa shape index (κ1) is 12.2. The molecule has 2 N–H and O–H groups in total. The summed E-state index contributed by atoms with van der Waals surface area (Å²) in [5.41, 5.74) is 0.161. The SMILES string of the molecule is Cc1nc([C@H](C)NC(=O)c2cncc(F)c2)n[nH]1. The fourth-order valence-electron chi connectivity index (χ4n) is 1.43. The van der Waals surface area contributed by atoms with E-state index in [9.17, 15) is 9.18 Å². The fraction of sp³-hybridized carbons (Fsp3) is 0.273. The van der Waals surface area contributed by atoms with E-state index >= 15 is 0 Å². The first-order valence-electron chi connectivity index (χ1n) is 5.36. The van der Waals surface area contributed by atoms with Crippen LogP contribution >= 0.6 is 0 Å². The van der Waals surface area contributed by atoms with Crippen LogP contribution in [0.5, 0.6) is 0 Å². The number of pyridine rings is 1. The van der Waals surface area contributed by atoms with E-state index in [1.807, 2.05) is 0 Å². The standard InChI is InChI=1S/C11H12FN5O/c1-6(10-15-7(2)16-17-10)14-11(18)8-3-9(12)5-13-4-8/h3-6H,1-2H3,(H,14,18)(H,15,16,17)/t6-/m0/s1. The highest BCUT2D eigenvalue weighted by Crippen LogP contribution is 2.08. The zero-order valence-corrected chi connectivity index (χ0v) is 9.94. The van der Waals surface area contributed by atoms with Crippen molar-refractivity contribution in [3.8, 4) is 0 Å². The second kappa shape index (κ2) is 4.91. The number of carbonyl (C=O) groups is 1. The third kappa shape index (κ3) is 2.68. The summed E-state index contributed by atoms with van der Waals surface area (Å²) in [6.45, 7) is 3.51. The van der Waals surface area contributed by atoms with Gasteiger partial charge in [-0.1, -0.05) is 0 Å². The minimum absolute atomic E-state index is 0.161. The number of nitrogens with zero attached hydrogens (tertiary/aromatic N) is 3. The fourth-order valence-corrected chi connectivity index (χ4v) is 1.43. The van der Waals surface area contributed by atoms with Gasteiger partial charge in [-0.15, -0.1) is 0 Å². The van der Waals surface area contributed by atoms with Gasteiger partial charge in [0.2, 0.25) is 0 Å². The molecule has 94 valence electrons. The van der Waals surface area contributed by atoms with Gasteiger partial charge in [0.05, 0.1) is 17.8 Å². The lowest BCUT2D eigenvalue weighted by Gasteiger charge is -2.10. The molecule has 0 saturated heterocycles. The van der Waals surface area contributed by atoms with E-state index in [2.05, 4.69) is 25.5 Å². The number of amides is 1. The predicted octanol–water partition coefficient (Wildman–Crippen LogP) is 1.14. The number of H-pyrrole nitrogens is 1. The summed E-state index contributed by atoms with van der Waals surface area (Å²) in [4.78, 5) is 19.5. The van der Waals surface area contributed by atoms with E-state index in [1.165, 1.54) is 6.20 Å². The molecule has 0 fully saturated rings. The van der Waals surface area contributed by atoms with Crippen molar-refractivity contribution in [1.29, 1.82) is 0 Å². The van der Waals surface area contributed by atoms with Crippen LogP contribution in [0.1, 0.15) is 35.0 Å². The van der Waals surface area contributed by atoms with Gasteiger partial charge in [0.1, 0.15) is 11.6 Å². The van der Waals surface area contributed by atoms with Crippen molar-refractivity contribution >= 4 is 5.91 Å². The summed E-state index contributed by atoms with van der Waals surface area (Å²) in [7, 11) is 0. The van der Waals surface area contributed by atoms with Crippen LogP contribution in [0.4, 0.5) is 4.39 Å². The van der Waals surface area contributed by atoms with Gasteiger partial charge < -0.3 is 5.32 Å². The monoisotopic (exact) mass is 249 g/mol. The molecule has 1 atom stereocenters. The number of carbonyl (C=O) groups excluding carboxylic acids is 1. The zero-order valence-electron chi connectivity index (χ0n) is 9.94. The van der Waals surface area contributed by atoms with Gasteiger partial charge in [-0.25, -0.2) is 9.37 Å².